The van der Waals surface area contributed by atoms with Gasteiger partial charge in [-0.25, -0.2) is 0 Å². The maximum atomic E-state index is 6.08. The van der Waals surface area contributed by atoms with E-state index >= 15 is 0 Å². The summed E-state index contributed by atoms with van der Waals surface area (Å²) in [6, 6.07) is 1.64. The van der Waals surface area contributed by atoms with Crippen molar-refractivity contribution in [2.24, 2.45) is 5.41 Å². The van der Waals surface area contributed by atoms with Crippen LogP contribution in [0.3, 0.4) is 0 Å². The van der Waals surface area contributed by atoms with Crippen LogP contribution >= 0.6 is 11.6 Å². The third-order valence-corrected chi connectivity index (χ3v) is 4.07. The summed E-state index contributed by atoms with van der Waals surface area (Å²) in [5, 5.41) is 3.22. The third-order valence-electron chi connectivity index (χ3n) is 3.50. The standard InChI is InChI=1S/C13H22ClN3O2/c1-5-13(6-2,8-14)9-15-12-16-10(18-3)7-11(17-12)19-4/h7H,5-6,8-9H2,1-4H3,(H,15,16,17). The molecule has 0 unspecified atom stereocenters. The largest absolute Gasteiger partial charge is 0.481 e. The molecule has 1 aromatic rings. The first-order chi connectivity index (χ1) is 9.12. The lowest BCUT2D eigenvalue weighted by Crippen LogP contribution is -2.31. The van der Waals surface area contributed by atoms with E-state index in [2.05, 4.69) is 29.1 Å². The van der Waals surface area contributed by atoms with Crippen molar-refractivity contribution < 1.29 is 9.47 Å². The number of anilines is 1. The molecule has 1 heterocycles. The first-order valence-electron chi connectivity index (χ1n) is 6.40. The van der Waals surface area contributed by atoms with Crippen LogP contribution in [0.4, 0.5) is 5.95 Å². The van der Waals surface area contributed by atoms with Crippen LogP contribution in [0.1, 0.15) is 26.7 Å². The molecule has 0 bridgehead atoms. The molecule has 0 fully saturated rings. The second kappa shape index (κ2) is 7.38. The van der Waals surface area contributed by atoms with E-state index in [4.69, 9.17) is 21.1 Å². The van der Waals surface area contributed by atoms with Crippen LogP contribution in [0.2, 0.25) is 0 Å². The molecule has 1 N–H and O–H groups in total. The highest BCUT2D eigenvalue weighted by molar-refractivity contribution is 6.18. The topological polar surface area (TPSA) is 56.3 Å². The quantitative estimate of drug-likeness (QED) is 0.745. The number of halogens is 1. The first kappa shape index (κ1) is 15.8. The van der Waals surface area contributed by atoms with Crippen LogP contribution in [0, 0.1) is 5.41 Å². The summed E-state index contributed by atoms with van der Waals surface area (Å²) in [7, 11) is 3.12. The van der Waals surface area contributed by atoms with Crippen LogP contribution in [0.5, 0.6) is 11.8 Å². The molecule has 0 aliphatic heterocycles. The zero-order chi connectivity index (χ0) is 14.3. The van der Waals surface area contributed by atoms with E-state index in [9.17, 15) is 0 Å². The van der Waals surface area contributed by atoms with Crippen LogP contribution < -0.4 is 14.8 Å². The van der Waals surface area contributed by atoms with Gasteiger partial charge in [0.25, 0.3) is 0 Å². The molecule has 0 radical (unpaired) electrons. The van der Waals surface area contributed by atoms with Gasteiger partial charge in [0.05, 0.1) is 20.3 Å². The van der Waals surface area contributed by atoms with Crippen LogP contribution in [0.15, 0.2) is 6.07 Å². The summed E-state index contributed by atoms with van der Waals surface area (Å²) >= 11 is 6.08. The summed E-state index contributed by atoms with van der Waals surface area (Å²) < 4.78 is 10.2. The Morgan fingerprint density at radius 2 is 1.68 bits per heavy atom. The van der Waals surface area contributed by atoms with Gasteiger partial charge in [-0.2, -0.15) is 9.97 Å². The smallest absolute Gasteiger partial charge is 0.229 e. The molecule has 0 saturated heterocycles. The number of nitrogens with zero attached hydrogens (tertiary/aromatic N) is 2. The lowest BCUT2D eigenvalue weighted by Gasteiger charge is -2.29. The lowest BCUT2D eigenvalue weighted by molar-refractivity contribution is 0.325. The Morgan fingerprint density at radius 1 is 1.16 bits per heavy atom. The van der Waals surface area contributed by atoms with Gasteiger partial charge in [-0.15, -0.1) is 11.6 Å². The SMILES string of the molecule is CCC(CC)(CCl)CNc1nc(OC)cc(OC)n1. The Labute approximate surface area is 119 Å². The molecular formula is C13H22ClN3O2. The molecule has 0 atom stereocenters. The average Bonchev–Trinajstić information content (AvgIpc) is 2.48. The van der Waals surface area contributed by atoms with Gasteiger partial charge < -0.3 is 14.8 Å². The van der Waals surface area contributed by atoms with Crippen LogP contribution in [-0.4, -0.2) is 36.6 Å². The molecule has 1 aromatic heterocycles. The molecule has 19 heavy (non-hydrogen) atoms. The normalized spacial score (nSPS) is 11.2. The van der Waals surface area contributed by atoms with Gasteiger partial charge in [-0.05, 0) is 12.8 Å². The maximum absolute atomic E-state index is 6.08. The zero-order valence-electron chi connectivity index (χ0n) is 12.0. The molecule has 5 nitrogen and oxygen atoms in total. The van der Waals surface area contributed by atoms with E-state index in [0.29, 0.717) is 23.6 Å². The number of hydrogen-bond donors (Lipinski definition) is 1. The van der Waals surface area contributed by atoms with E-state index in [-0.39, 0.29) is 5.41 Å². The maximum Gasteiger partial charge on any atom is 0.229 e. The summed E-state index contributed by atoms with van der Waals surface area (Å²) in [5.41, 5.74) is 0.0568. The minimum Gasteiger partial charge on any atom is -0.481 e. The van der Waals surface area contributed by atoms with Gasteiger partial charge in [0.2, 0.25) is 17.7 Å². The second-order valence-corrected chi connectivity index (χ2v) is 4.74. The molecule has 6 heteroatoms. The highest BCUT2D eigenvalue weighted by Crippen LogP contribution is 2.28. The fourth-order valence-electron chi connectivity index (χ4n) is 1.69. The van der Waals surface area contributed by atoms with Crippen molar-refractivity contribution in [3.8, 4) is 11.8 Å². The number of hydrogen-bond acceptors (Lipinski definition) is 5. The Bertz CT molecular complexity index is 367. The van der Waals surface area contributed by atoms with Crippen molar-refractivity contribution in [1.29, 1.82) is 0 Å². The highest BCUT2D eigenvalue weighted by atomic mass is 35.5. The highest BCUT2D eigenvalue weighted by Gasteiger charge is 2.25. The van der Waals surface area contributed by atoms with E-state index < -0.39 is 0 Å². The van der Waals surface area contributed by atoms with Crippen molar-refractivity contribution in [3.05, 3.63) is 6.07 Å². The minimum absolute atomic E-state index is 0.0568. The number of alkyl halides is 1. The third kappa shape index (κ3) is 4.13. The minimum atomic E-state index is 0.0568. The van der Waals surface area contributed by atoms with Gasteiger partial charge in [-0.1, -0.05) is 13.8 Å². The zero-order valence-corrected chi connectivity index (χ0v) is 12.8. The van der Waals surface area contributed by atoms with E-state index in [0.717, 1.165) is 19.4 Å². The molecule has 0 aliphatic carbocycles. The first-order valence-corrected chi connectivity index (χ1v) is 6.93. The van der Waals surface area contributed by atoms with Gasteiger partial charge in [-0.3, -0.25) is 0 Å². The number of methoxy groups -OCH3 is 2. The van der Waals surface area contributed by atoms with E-state index in [1.165, 1.54) is 0 Å². The Hall–Kier alpha value is -1.23. The van der Waals surface area contributed by atoms with E-state index in [1.54, 1.807) is 20.3 Å². The Kier molecular flexibility index (Phi) is 6.15. The Morgan fingerprint density at radius 3 is 2.05 bits per heavy atom. The Balaban J connectivity index is 2.81. The lowest BCUT2D eigenvalue weighted by atomic mass is 9.84. The number of aromatic nitrogens is 2. The van der Waals surface area contributed by atoms with Crippen molar-refractivity contribution >= 4 is 17.5 Å². The molecule has 0 spiro atoms. The van der Waals surface area contributed by atoms with Crippen molar-refractivity contribution in [2.45, 2.75) is 26.7 Å². The summed E-state index contributed by atoms with van der Waals surface area (Å²) in [6.45, 7) is 5.00. The predicted molar refractivity (Wildman–Crippen MR) is 77.4 cm³/mol. The monoisotopic (exact) mass is 287 g/mol. The molecular weight excluding hydrogens is 266 g/mol. The fraction of sp³-hybridized carbons (Fsp3) is 0.692. The molecule has 108 valence electrons. The molecule has 0 aliphatic rings. The van der Waals surface area contributed by atoms with Crippen LogP contribution in [0.25, 0.3) is 0 Å². The van der Waals surface area contributed by atoms with Crippen LogP contribution in [-0.2, 0) is 0 Å². The summed E-state index contributed by atoms with van der Waals surface area (Å²) in [6.07, 6.45) is 2.00. The number of rotatable bonds is 8. The molecule has 0 aromatic carbocycles. The van der Waals surface area contributed by atoms with Gasteiger partial charge in [0, 0.05) is 17.8 Å². The molecule has 0 amide bonds. The van der Waals surface area contributed by atoms with Crippen molar-refractivity contribution in [2.75, 3.05) is 32.0 Å². The fourth-order valence-corrected chi connectivity index (χ4v) is 2.17. The summed E-state index contributed by atoms with van der Waals surface area (Å²) in [5.74, 6) is 2.04. The van der Waals surface area contributed by atoms with Crippen molar-refractivity contribution in [1.82, 2.24) is 9.97 Å². The van der Waals surface area contributed by atoms with Gasteiger partial charge in [0.15, 0.2) is 0 Å². The van der Waals surface area contributed by atoms with Gasteiger partial charge in [0.1, 0.15) is 0 Å². The number of ether oxygens (including phenoxy) is 2. The average molecular weight is 288 g/mol. The number of nitrogens with one attached hydrogen (secondary N) is 1. The molecule has 1 rings (SSSR count). The molecule has 0 saturated carbocycles. The van der Waals surface area contributed by atoms with Gasteiger partial charge >= 0.3 is 0 Å². The van der Waals surface area contributed by atoms with E-state index in [1.807, 2.05) is 0 Å². The second-order valence-electron chi connectivity index (χ2n) is 4.47. The van der Waals surface area contributed by atoms with Crippen molar-refractivity contribution in [3.63, 3.8) is 0 Å². The summed E-state index contributed by atoms with van der Waals surface area (Å²) in [4.78, 5) is 8.48. The predicted octanol–water partition coefficient (Wildman–Crippen LogP) is 2.95.